The highest BCUT2D eigenvalue weighted by molar-refractivity contribution is 6.36. The summed E-state index contributed by atoms with van der Waals surface area (Å²) in [5, 5.41) is 10.5. The summed E-state index contributed by atoms with van der Waals surface area (Å²) in [5.41, 5.74) is 3.34. The van der Waals surface area contributed by atoms with E-state index in [0.717, 1.165) is 16.4 Å². The molecule has 0 bridgehead atoms. The van der Waals surface area contributed by atoms with E-state index in [1.807, 2.05) is 36.4 Å². The molecule has 0 fully saturated rings. The quantitative estimate of drug-likeness (QED) is 0.615. The highest BCUT2D eigenvalue weighted by atomic mass is 35.5. The fraction of sp³-hybridized carbons (Fsp3) is 0.0625. The second-order valence-corrected chi connectivity index (χ2v) is 5.41. The molecular weight excluding hydrogens is 302 g/mol. The van der Waals surface area contributed by atoms with Crippen LogP contribution in [-0.4, -0.2) is 25.6 Å². The Morgan fingerprint density at radius 1 is 1.09 bits per heavy atom. The zero-order chi connectivity index (χ0) is 15.3. The van der Waals surface area contributed by atoms with Gasteiger partial charge in [-0.2, -0.15) is 0 Å². The topological polar surface area (TPSA) is 68.0 Å². The minimum Gasteiger partial charge on any atom is -0.480 e. The first kappa shape index (κ1) is 13.0. The van der Waals surface area contributed by atoms with E-state index in [0.29, 0.717) is 21.7 Å². The van der Waals surface area contributed by atoms with Gasteiger partial charge in [0.1, 0.15) is 12.1 Å². The Balaban J connectivity index is 2.23. The van der Waals surface area contributed by atoms with Crippen LogP contribution in [0.5, 0.6) is 0 Å². The number of carboxylic acid groups (broad SMARTS) is 1. The van der Waals surface area contributed by atoms with Gasteiger partial charge in [-0.3, -0.25) is 4.79 Å². The maximum Gasteiger partial charge on any atom is 0.323 e. The Morgan fingerprint density at radius 2 is 1.82 bits per heavy atom. The number of hydrogen-bond donors (Lipinski definition) is 1. The highest BCUT2D eigenvalue weighted by Crippen LogP contribution is 2.32. The number of carbonyl (C=O) groups is 1. The summed E-state index contributed by atoms with van der Waals surface area (Å²) in [5.74, 6) is -0.950. The second kappa shape index (κ2) is 4.68. The third-order valence-electron chi connectivity index (χ3n) is 3.61. The number of aliphatic carboxylic acids is 1. The molecule has 5 nitrogen and oxygen atoms in total. The van der Waals surface area contributed by atoms with E-state index in [1.165, 1.54) is 0 Å². The number of benzene rings is 2. The van der Waals surface area contributed by atoms with Crippen LogP contribution in [0.4, 0.5) is 0 Å². The number of carboxylic acids is 1. The van der Waals surface area contributed by atoms with E-state index in [9.17, 15) is 9.90 Å². The minimum absolute atomic E-state index is 0.212. The van der Waals surface area contributed by atoms with Crippen LogP contribution in [0.25, 0.3) is 33.1 Å². The summed E-state index contributed by atoms with van der Waals surface area (Å²) >= 11 is 6.28. The lowest BCUT2D eigenvalue weighted by atomic mass is 10.2. The Kier molecular flexibility index (Phi) is 2.77. The van der Waals surface area contributed by atoms with Crippen LogP contribution < -0.4 is 0 Å². The normalized spacial score (nSPS) is 11.5. The van der Waals surface area contributed by atoms with Gasteiger partial charge in [0.15, 0.2) is 5.65 Å². The van der Waals surface area contributed by atoms with E-state index >= 15 is 0 Å². The van der Waals surface area contributed by atoms with Crippen molar-refractivity contribution in [2.24, 2.45) is 0 Å². The van der Waals surface area contributed by atoms with Crippen LogP contribution in [0.1, 0.15) is 0 Å². The summed E-state index contributed by atoms with van der Waals surface area (Å²) in [7, 11) is 0. The fourth-order valence-electron chi connectivity index (χ4n) is 2.74. The average Bonchev–Trinajstić information content (AvgIpc) is 2.80. The lowest BCUT2D eigenvalue weighted by molar-refractivity contribution is -0.137. The number of hydrogen-bond acceptors (Lipinski definition) is 3. The predicted octanol–water partition coefficient (Wildman–Crippen LogP) is 3.48. The van der Waals surface area contributed by atoms with E-state index < -0.39 is 5.97 Å². The van der Waals surface area contributed by atoms with E-state index in [2.05, 4.69) is 9.97 Å². The smallest absolute Gasteiger partial charge is 0.323 e. The molecule has 1 N–H and O–H groups in total. The Bertz CT molecular complexity index is 1060. The molecule has 0 spiro atoms. The van der Waals surface area contributed by atoms with E-state index in [1.54, 1.807) is 10.6 Å². The number of para-hydroxylation sites is 3. The summed E-state index contributed by atoms with van der Waals surface area (Å²) in [6.45, 7) is -0.212. The first-order valence-electron chi connectivity index (χ1n) is 6.70. The van der Waals surface area contributed by atoms with Gasteiger partial charge in [0.2, 0.25) is 0 Å². The van der Waals surface area contributed by atoms with Crippen LogP contribution in [0, 0.1) is 0 Å². The van der Waals surface area contributed by atoms with Gasteiger partial charge in [0.25, 0.3) is 0 Å². The molecule has 0 saturated heterocycles. The third-order valence-corrected chi connectivity index (χ3v) is 3.92. The SMILES string of the molecule is O=C(O)Cn1c2nc3ccccc3nc2c2cccc(Cl)c21. The molecule has 4 aromatic rings. The van der Waals surface area contributed by atoms with Crippen LogP contribution in [0.2, 0.25) is 5.02 Å². The minimum atomic E-state index is -0.950. The van der Waals surface area contributed by atoms with Crippen LogP contribution in [-0.2, 0) is 11.3 Å². The maximum absolute atomic E-state index is 11.2. The number of nitrogens with zero attached hydrogens (tertiary/aromatic N) is 3. The summed E-state index contributed by atoms with van der Waals surface area (Å²) in [6, 6.07) is 12.9. The number of halogens is 1. The van der Waals surface area contributed by atoms with Crippen LogP contribution in [0.3, 0.4) is 0 Å². The monoisotopic (exact) mass is 311 g/mol. The molecule has 6 heteroatoms. The largest absolute Gasteiger partial charge is 0.480 e. The molecule has 2 aromatic heterocycles. The van der Waals surface area contributed by atoms with Crippen molar-refractivity contribution in [2.75, 3.05) is 0 Å². The standard InChI is InChI=1S/C16H10ClN3O2/c17-10-5-3-4-9-14-16(20(15(9)10)8-13(21)22)19-12-7-2-1-6-11(12)18-14/h1-7H,8H2,(H,21,22). The molecule has 2 heterocycles. The second-order valence-electron chi connectivity index (χ2n) is 5.00. The van der Waals surface area contributed by atoms with Gasteiger partial charge in [0, 0.05) is 5.39 Å². The van der Waals surface area contributed by atoms with Gasteiger partial charge in [-0.25, -0.2) is 9.97 Å². The molecule has 0 aliphatic rings. The van der Waals surface area contributed by atoms with Crippen molar-refractivity contribution in [3.8, 4) is 0 Å². The van der Waals surface area contributed by atoms with Crippen molar-refractivity contribution >= 4 is 50.7 Å². The molecule has 2 aromatic carbocycles. The van der Waals surface area contributed by atoms with Crippen molar-refractivity contribution < 1.29 is 9.90 Å². The molecule has 0 radical (unpaired) electrons. The summed E-state index contributed by atoms with van der Waals surface area (Å²) in [6.07, 6.45) is 0. The molecular formula is C16H10ClN3O2. The lowest BCUT2D eigenvalue weighted by Crippen LogP contribution is -2.09. The van der Waals surface area contributed by atoms with Gasteiger partial charge in [-0.1, -0.05) is 35.9 Å². The average molecular weight is 312 g/mol. The summed E-state index contributed by atoms with van der Waals surface area (Å²) in [4.78, 5) is 20.4. The molecule has 108 valence electrons. The molecule has 0 saturated carbocycles. The Hall–Kier alpha value is -2.66. The van der Waals surface area contributed by atoms with Gasteiger partial charge >= 0.3 is 5.97 Å². The number of aromatic nitrogens is 3. The zero-order valence-corrected chi connectivity index (χ0v) is 12.1. The van der Waals surface area contributed by atoms with Crippen molar-refractivity contribution in [3.05, 3.63) is 47.5 Å². The molecule has 0 amide bonds. The molecule has 0 aliphatic carbocycles. The lowest BCUT2D eigenvalue weighted by Gasteiger charge is -2.04. The van der Waals surface area contributed by atoms with Gasteiger partial charge in [0.05, 0.1) is 21.6 Å². The van der Waals surface area contributed by atoms with E-state index in [-0.39, 0.29) is 6.54 Å². The Labute approximate surface area is 129 Å². The van der Waals surface area contributed by atoms with Crippen LogP contribution >= 0.6 is 11.6 Å². The first-order chi connectivity index (χ1) is 10.6. The zero-order valence-electron chi connectivity index (χ0n) is 11.3. The van der Waals surface area contributed by atoms with Crippen molar-refractivity contribution in [2.45, 2.75) is 6.54 Å². The number of fused-ring (bicyclic) bond motifs is 4. The fourth-order valence-corrected chi connectivity index (χ4v) is 3.01. The van der Waals surface area contributed by atoms with Crippen molar-refractivity contribution in [1.82, 2.24) is 14.5 Å². The first-order valence-corrected chi connectivity index (χ1v) is 7.08. The molecule has 0 atom stereocenters. The molecule has 4 rings (SSSR count). The highest BCUT2D eigenvalue weighted by Gasteiger charge is 2.18. The van der Waals surface area contributed by atoms with Crippen molar-refractivity contribution in [3.63, 3.8) is 0 Å². The van der Waals surface area contributed by atoms with Crippen molar-refractivity contribution in [1.29, 1.82) is 0 Å². The van der Waals surface area contributed by atoms with Crippen LogP contribution in [0.15, 0.2) is 42.5 Å². The van der Waals surface area contributed by atoms with Gasteiger partial charge in [-0.15, -0.1) is 0 Å². The Morgan fingerprint density at radius 3 is 2.55 bits per heavy atom. The molecule has 0 aliphatic heterocycles. The molecule has 0 unspecified atom stereocenters. The van der Waals surface area contributed by atoms with E-state index in [4.69, 9.17) is 11.6 Å². The molecule has 22 heavy (non-hydrogen) atoms. The van der Waals surface area contributed by atoms with Gasteiger partial charge in [-0.05, 0) is 18.2 Å². The predicted molar refractivity (Wildman–Crippen MR) is 85.2 cm³/mol. The summed E-state index contributed by atoms with van der Waals surface area (Å²) < 4.78 is 1.61. The third kappa shape index (κ3) is 1.83. The maximum atomic E-state index is 11.2. The van der Waals surface area contributed by atoms with Gasteiger partial charge < -0.3 is 9.67 Å². The number of rotatable bonds is 2.